The SMILES string of the molecule is CCCNC(=O)Nc1ccc(N)c2ncccc12. The van der Waals surface area contributed by atoms with Crippen molar-refractivity contribution in [3.05, 3.63) is 30.5 Å². The van der Waals surface area contributed by atoms with Crippen molar-refractivity contribution >= 4 is 28.3 Å². The molecule has 1 aromatic carbocycles. The Kier molecular flexibility index (Phi) is 3.62. The lowest BCUT2D eigenvalue weighted by atomic mass is 10.1. The number of hydrogen-bond donors (Lipinski definition) is 3. The van der Waals surface area contributed by atoms with Gasteiger partial charge in [-0.15, -0.1) is 0 Å². The molecule has 0 atom stereocenters. The molecule has 2 aromatic rings. The Bertz CT molecular complexity index is 568. The number of anilines is 2. The Morgan fingerprint density at radius 3 is 3.00 bits per heavy atom. The highest BCUT2D eigenvalue weighted by molar-refractivity contribution is 6.03. The minimum Gasteiger partial charge on any atom is -0.397 e. The minimum atomic E-state index is -0.216. The van der Waals surface area contributed by atoms with Crippen LogP contribution in [0.3, 0.4) is 0 Å². The highest BCUT2D eigenvalue weighted by atomic mass is 16.2. The van der Waals surface area contributed by atoms with Crippen molar-refractivity contribution in [1.82, 2.24) is 10.3 Å². The smallest absolute Gasteiger partial charge is 0.319 e. The van der Waals surface area contributed by atoms with Gasteiger partial charge in [0, 0.05) is 18.1 Å². The first-order valence-corrected chi connectivity index (χ1v) is 5.90. The molecule has 94 valence electrons. The van der Waals surface area contributed by atoms with Crippen LogP contribution in [-0.2, 0) is 0 Å². The Morgan fingerprint density at radius 1 is 1.39 bits per heavy atom. The summed E-state index contributed by atoms with van der Waals surface area (Å²) in [4.78, 5) is 15.8. The molecule has 18 heavy (non-hydrogen) atoms. The van der Waals surface area contributed by atoms with Crippen LogP contribution in [0.5, 0.6) is 0 Å². The second kappa shape index (κ2) is 5.35. The highest BCUT2D eigenvalue weighted by Crippen LogP contribution is 2.26. The number of pyridine rings is 1. The van der Waals surface area contributed by atoms with E-state index in [-0.39, 0.29) is 6.03 Å². The number of carbonyl (C=O) groups excluding carboxylic acids is 1. The molecule has 0 saturated carbocycles. The van der Waals surface area contributed by atoms with Gasteiger partial charge in [-0.3, -0.25) is 4.98 Å². The zero-order valence-corrected chi connectivity index (χ0v) is 10.2. The molecule has 1 aromatic heterocycles. The monoisotopic (exact) mass is 244 g/mol. The maximum Gasteiger partial charge on any atom is 0.319 e. The van der Waals surface area contributed by atoms with Crippen LogP contribution in [0.4, 0.5) is 16.2 Å². The molecule has 5 nitrogen and oxygen atoms in total. The first kappa shape index (κ1) is 12.2. The normalized spacial score (nSPS) is 10.3. The fourth-order valence-corrected chi connectivity index (χ4v) is 1.71. The van der Waals surface area contributed by atoms with Crippen molar-refractivity contribution in [2.45, 2.75) is 13.3 Å². The van der Waals surface area contributed by atoms with Crippen molar-refractivity contribution in [3.63, 3.8) is 0 Å². The zero-order valence-electron chi connectivity index (χ0n) is 10.2. The number of nitrogens with one attached hydrogen (secondary N) is 2. The van der Waals surface area contributed by atoms with Gasteiger partial charge in [0.25, 0.3) is 0 Å². The first-order chi connectivity index (χ1) is 8.72. The van der Waals surface area contributed by atoms with E-state index in [1.807, 2.05) is 19.1 Å². The second-order valence-electron chi connectivity index (χ2n) is 3.98. The molecule has 5 heteroatoms. The maximum atomic E-state index is 11.6. The van der Waals surface area contributed by atoms with Crippen molar-refractivity contribution < 1.29 is 4.79 Å². The van der Waals surface area contributed by atoms with Crippen LogP contribution in [0.15, 0.2) is 30.5 Å². The van der Waals surface area contributed by atoms with Gasteiger partial charge in [0.05, 0.1) is 16.9 Å². The topological polar surface area (TPSA) is 80.0 Å². The Labute approximate surface area is 105 Å². The van der Waals surface area contributed by atoms with Gasteiger partial charge >= 0.3 is 6.03 Å². The van der Waals surface area contributed by atoms with Gasteiger partial charge in [0.15, 0.2) is 0 Å². The lowest BCUT2D eigenvalue weighted by molar-refractivity contribution is 0.252. The molecule has 0 aliphatic carbocycles. The number of nitrogen functional groups attached to an aromatic ring is 1. The van der Waals surface area contributed by atoms with E-state index in [0.29, 0.717) is 23.4 Å². The van der Waals surface area contributed by atoms with Gasteiger partial charge in [0.2, 0.25) is 0 Å². The maximum absolute atomic E-state index is 11.6. The average molecular weight is 244 g/mol. The van der Waals surface area contributed by atoms with E-state index in [4.69, 9.17) is 5.73 Å². The molecule has 0 aliphatic rings. The molecule has 0 fully saturated rings. The van der Waals surface area contributed by atoms with Crippen LogP contribution < -0.4 is 16.4 Å². The third kappa shape index (κ3) is 2.51. The number of nitrogens with zero attached hydrogens (tertiary/aromatic N) is 1. The molecular weight excluding hydrogens is 228 g/mol. The largest absolute Gasteiger partial charge is 0.397 e. The summed E-state index contributed by atoms with van der Waals surface area (Å²) < 4.78 is 0. The highest BCUT2D eigenvalue weighted by Gasteiger charge is 2.07. The molecule has 0 spiro atoms. The van der Waals surface area contributed by atoms with Crippen molar-refractivity contribution in [3.8, 4) is 0 Å². The zero-order chi connectivity index (χ0) is 13.0. The van der Waals surface area contributed by atoms with E-state index in [1.54, 1.807) is 18.3 Å². The number of nitrogens with two attached hydrogens (primary N) is 1. The van der Waals surface area contributed by atoms with Gasteiger partial charge < -0.3 is 16.4 Å². The number of rotatable bonds is 3. The van der Waals surface area contributed by atoms with Gasteiger partial charge in [0.1, 0.15) is 0 Å². The summed E-state index contributed by atoms with van der Waals surface area (Å²) in [5, 5.41) is 6.40. The van der Waals surface area contributed by atoms with Crippen LogP contribution in [-0.4, -0.2) is 17.6 Å². The summed E-state index contributed by atoms with van der Waals surface area (Å²) in [6.45, 7) is 2.65. The standard InChI is InChI=1S/C13H16N4O/c1-2-7-16-13(18)17-11-6-5-10(14)12-9(11)4-3-8-15-12/h3-6,8H,2,7,14H2,1H3,(H2,16,17,18). The summed E-state index contributed by atoms with van der Waals surface area (Å²) in [5.41, 5.74) is 7.86. The van der Waals surface area contributed by atoms with Crippen molar-refractivity contribution in [2.24, 2.45) is 0 Å². The lowest BCUT2D eigenvalue weighted by Crippen LogP contribution is -2.29. The fourth-order valence-electron chi connectivity index (χ4n) is 1.71. The summed E-state index contributed by atoms with van der Waals surface area (Å²) in [7, 11) is 0. The number of hydrogen-bond acceptors (Lipinski definition) is 3. The molecule has 0 aliphatic heterocycles. The minimum absolute atomic E-state index is 0.216. The van der Waals surface area contributed by atoms with Crippen LogP contribution in [0, 0.1) is 0 Å². The number of benzene rings is 1. The van der Waals surface area contributed by atoms with E-state index in [9.17, 15) is 4.79 Å². The molecule has 0 bridgehead atoms. The quantitative estimate of drug-likeness (QED) is 0.725. The third-order valence-corrected chi connectivity index (χ3v) is 2.58. The van der Waals surface area contributed by atoms with E-state index in [2.05, 4.69) is 15.6 Å². The molecule has 2 rings (SSSR count). The molecular formula is C13H16N4O. The summed E-state index contributed by atoms with van der Waals surface area (Å²) in [5.74, 6) is 0. The fraction of sp³-hybridized carbons (Fsp3) is 0.231. The van der Waals surface area contributed by atoms with Crippen LogP contribution >= 0.6 is 0 Å². The van der Waals surface area contributed by atoms with Gasteiger partial charge in [-0.25, -0.2) is 4.79 Å². The number of carbonyl (C=O) groups is 1. The summed E-state index contributed by atoms with van der Waals surface area (Å²) in [6.07, 6.45) is 2.58. The second-order valence-corrected chi connectivity index (χ2v) is 3.98. The molecule has 1 heterocycles. The predicted octanol–water partition coefficient (Wildman–Crippen LogP) is 2.35. The van der Waals surface area contributed by atoms with Crippen LogP contribution in [0.1, 0.15) is 13.3 Å². The number of aromatic nitrogens is 1. The molecule has 0 unspecified atom stereocenters. The summed E-state index contributed by atoms with van der Waals surface area (Å²) >= 11 is 0. The van der Waals surface area contributed by atoms with Gasteiger partial charge in [-0.2, -0.15) is 0 Å². The number of amides is 2. The molecule has 0 saturated heterocycles. The van der Waals surface area contributed by atoms with Crippen LogP contribution in [0.25, 0.3) is 10.9 Å². The van der Waals surface area contributed by atoms with Crippen LogP contribution in [0.2, 0.25) is 0 Å². The first-order valence-electron chi connectivity index (χ1n) is 5.90. The number of urea groups is 1. The van der Waals surface area contributed by atoms with Gasteiger partial charge in [-0.05, 0) is 30.7 Å². The van der Waals surface area contributed by atoms with E-state index in [1.165, 1.54) is 0 Å². The Morgan fingerprint density at radius 2 is 2.22 bits per heavy atom. The van der Waals surface area contributed by atoms with Crippen molar-refractivity contribution in [2.75, 3.05) is 17.6 Å². The Balaban J connectivity index is 2.29. The lowest BCUT2D eigenvalue weighted by Gasteiger charge is -2.10. The molecule has 4 N–H and O–H groups in total. The molecule has 0 radical (unpaired) electrons. The summed E-state index contributed by atoms with van der Waals surface area (Å²) in [6, 6.07) is 7.01. The van der Waals surface area contributed by atoms with Gasteiger partial charge in [-0.1, -0.05) is 6.92 Å². The van der Waals surface area contributed by atoms with E-state index in [0.717, 1.165) is 11.8 Å². The average Bonchev–Trinajstić information content (AvgIpc) is 2.40. The van der Waals surface area contributed by atoms with E-state index >= 15 is 0 Å². The Hall–Kier alpha value is -2.30. The van der Waals surface area contributed by atoms with E-state index < -0.39 is 0 Å². The third-order valence-electron chi connectivity index (χ3n) is 2.58. The number of fused-ring (bicyclic) bond motifs is 1. The van der Waals surface area contributed by atoms with Crippen molar-refractivity contribution in [1.29, 1.82) is 0 Å². The predicted molar refractivity (Wildman–Crippen MR) is 73.5 cm³/mol. The molecule has 2 amide bonds.